The van der Waals surface area contributed by atoms with Crippen molar-refractivity contribution in [3.63, 3.8) is 0 Å². The Morgan fingerprint density at radius 3 is 2.45 bits per heavy atom. The van der Waals surface area contributed by atoms with Crippen molar-refractivity contribution in [2.45, 2.75) is 44.4 Å². The van der Waals surface area contributed by atoms with E-state index in [1.807, 2.05) is 6.07 Å². The number of benzene rings is 1. The number of aryl methyl sites for hydroxylation is 2. The van der Waals surface area contributed by atoms with Crippen molar-refractivity contribution in [1.82, 2.24) is 10.3 Å². The highest BCUT2D eigenvalue weighted by Crippen LogP contribution is 2.23. The number of hydrazine groups is 1. The summed E-state index contributed by atoms with van der Waals surface area (Å²) in [6, 6.07) is 5.17. The predicted molar refractivity (Wildman–Crippen MR) is 76.4 cm³/mol. The molecule has 0 radical (unpaired) electrons. The van der Waals surface area contributed by atoms with E-state index in [1.54, 1.807) is 26.0 Å². The van der Waals surface area contributed by atoms with Gasteiger partial charge in [0.1, 0.15) is 0 Å². The van der Waals surface area contributed by atoms with E-state index in [2.05, 4.69) is 10.3 Å². The Bertz CT molecular complexity index is 609. The summed E-state index contributed by atoms with van der Waals surface area (Å²) >= 11 is 0. The number of fused-ring (bicyclic) bond motifs is 1. The van der Waals surface area contributed by atoms with Crippen molar-refractivity contribution >= 4 is 15.9 Å². The first-order valence-corrected chi connectivity index (χ1v) is 8.32. The Hall–Kier alpha value is -1.40. The average molecular weight is 296 g/mol. The Kier molecular flexibility index (Phi) is 4.45. The van der Waals surface area contributed by atoms with Crippen molar-refractivity contribution in [1.29, 1.82) is 0 Å². The minimum absolute atomic E-state index is 0.196. The molecule has 0 aromatic heterocycles. The highest BCUT2D eigenvalue weighted by Gasteiger charge is 2.18. The molecule has 0 fully saturated rings. The van der Waals surface area contributed by atoms with Crippen molar-refractivity contribution in [2.75, 3.05) is 0 Å². The van der Waals surface area contributed by atoms with Gasteiger partial charge in [0, 0.05) is 5.92 Å². The zero-order valence-electron chi connectivity index (χ0n) is 11.8. The van der Waals surface area contributed by atoms with Gasteiger partial charge < -0.3 is 0 Å². The molecule has 1 aliphatic rings. The zero-order chi connectivity index (χ0) is 14.8. The number of hydrogen-bond acceptors (Lipinski definition) is 3. The maximum Gasteiger partial charge on any atom is 0.257 e. The van der Waals surface area contributed by atoms with Crippen LogP contribution in [0.5, 0.6) is 0 Å². The molecule has 110 valence electrons. The molecule has 0 unspecified atom stereocenters. The summed E-state index contributed by atoms with van der Waals surface area (Å²) in [6.07, 6.45) is 4.17. The number of amides is 1. The van der Waals surface area contributed by atoms with Crippen LogP contribution in [0.15, 0.2) is 23.1 Å². The summed E-state index contributed by atoms with van der Waals surface area (Å²) in [6.45, 7) is 3.39. The quantitative estimate of drug-likeness (QED) is 0.827. The fourth-order valence-corrected chi connectivity index (χ4v) is 3.10. The molecule has 2 N–H and O–H groups in total. The van der Waals surface area contributed by atoms with Gasteiger partial charge in [-0.15, -0.1) is 4.83 Å². The van der Waals surface area contributed by atoms with Crippen molar-refractivity contribution in [2.24, 2.45) is 5.92 Å². The third-order valence-corrected chi connectivity index (χ3v) is 4.71. The molecule has 1 aliphatic carbocycles. The first-order valence-electron chi connectivity index (χ1n) is 6.83. The van der Waals surface area contributed by atoms with E-state index in [-0.39, 0.29) is 16.7 Å². The number of hydrogen-bond donors (Lipinski definition) is 2. The summed E-state index contributed by atoms with van der Waals surface area (Å²) in [4.78, 5) is 13.7. The van der Waals surface area contributed by atoms with Crippen molar-refractivity contribution in [3.05, 3.63) is 29.3 Å². The molecule has 0 aliphatic heterocycles. The summed E-state index contributed by atoms with van der Waals surface area (Å²) < 4.78 is 24.2. The molecule has 0 bridgehead atoms. The molecule has 5 nitrogen and oxygen atoms in total. The second kappa shape index (κ2) is 5.93. The molecule has 0 atom stereocenters. The average Bonchev–Trinajstić information content (AvgIpc) is 2.44. The van der Waals surface area contributed by atoms with Crippen LogP contribution in [0.1, 0.15) is 37.8 Å². The first-order chi connectivity index (χ1) is 9.40. The van der Waals surface area contributed by atoms with Gasteiger partial charge in [-0.1, -0.05) is 19.9 Å². The predicted octanol–water partition coefficient (Wildman–Crippen LogP) is 1.53. The SMILES string of the molecule is CC(C)C(=O)NNS(=O)(=O)c1ccc2c(c1)CCCC2. The van der Waals surface area contributed by atoms with E-state index in [1.165, 1.54) is 5.56 Å². The number of carbonyl (C=O) groups is 1. The Morgan fingerprint density at radius 1 is 1.15 bits per heavy atom. The molecule has 6 heteroatoms. The largest absolute Gasteiger partial charge is 0.277 e. The van der Waals surface area contributed by atoms with Crippen LogP contribution in [0.2, 0.25) is 0 Å². The van der Waals surface area contributed by atoms with Gasteiger partial charge >= 0.3 is 0 Å². The topological polar surface area (TPSA) is 75.3 Å². The van der Waals surface area contributed by atoms with Gasteiger partial charge in [0.25, 0.3) is 10.0 Å². The monoisotopic (exact) mass is 296 g/mol. The fraction of sp³-hybridized carbons (Fsp3) is 0.500. The third kappa shape index (κ3) is 3.37. The zero-order valence-corrected chi connectivity index (χ0v) is 12.6. The molecule has 1 aromatic rings. The number of sulfonamides is 1. The molecule has 2 rings (SSSR count). The van der Waals surface area contributed by atoms with E-state index in [0.717, 1.165) is 31.2 Å². The third-order valence-electron chi connectivity index (χ3n) is 3.46. The second-order valence-corrected chi connectivity index (χ2v) is 7.07. The maximum absolute atomic E-state index is 12.1. The van der Waals surface area contributed by atoms with Crippen LogP contribution in [-0.2, 0) is 27.7 Å². The minimum atomic E-state index is -3.70. The highest BCUT2D eigenvalue weighted by atomic mass is 32.2. The fourth-order valence-electron chi connectivity index (χ4n) is 2.20. The van der Waals surface area contributed by atoms with Crippen molar-refractivity contribution < 1.29 is 13.2 Å². The molecule has 1 amide bonds. The second-order valence-electron chi connectivity index (χ2n) is 5.39. The molecule has 1 aromatic carbocycles. The van der Waals surface area contributed by atoms with Gasteiger partial charge in [-0.2, -0.15) is 0 Å². The molecule has 0 heterocycles. The summed E-state index contributed by atoms with van der Waals surface area (Å²) in [7, 11) is -3.70. The molecular formula is C14H20N2O3S. The first kappa shape index (κ1) is 15.0. The van der Waals surface area contributed by atoms with Gasteiger partial charge in [0.2, 0.25) is 5.91 Å². The summed E-state index contributed by atoms with van der Waals surface area (Å²) in [5.41, 5.74) is 4.54. The van der Waals surface area contributed by atoms with E-state index in [4.69, 9.17) is 0 Å². The van der Waals surface area contributed by atoms with Gasteiger partial charge in [-0.3, -0.25) is 10.2 Å². The standard InChI is InChI=1S/C14H20N2O3S/c1-10(2)14(17)15-16-20(18,19)13-8-7-11-5-3-4-6-12(11)9-13/h7-10,16H,3-6H2,1-2H3,(H,15,17). The Labute approximate surface area is 119 Å². The van der Waals surface area contributed by atoms with Gasteiger partial charge in [0.15, 0.2) is 0 Å². The summed E-state index contributed by atoms with van der Waals surface area (Å²) in [5, 5.41) is 0. The van der Waals surface area contributed by atoms with E-state index >= 15 is 0 Å². The van der Waals surface area contributed by atoms with Crippen LogP contribution in [0, 0.1) is 5.92 Å². The molecular weight excluding hydrogens is 276 g/mol. The minimum Gasteiger partial charge on any atom is -0.277 e. The van der Waals surface area contributed by atoms with E-state index < -0.39 is 10.0 Å². The summed E-state index contributed by atoms with van der Waals surface area (Å²) in [5.74, 6) is -0.632. The number of nitrogens with one attached hydrogen (secondary N) is 2. The van der Waals surface area contributed by atoms with Gasteiger partial charge in [-0.25, -0.2) is 8.42 Å². The lowest BCUT2D eigenvalue weighted by molar-refractivity contribution is -0.124. The number of rotatable bonds is 4. The van der Waals surface area contributed by atoms with Crippen LogP contribution in [0.25, 0.3) is 0 Å². The van der Waals surface area contributed by atoms with E-state index in [0.29, 0.717) is 0 Å². The molecule has 0 saturated heterocycles. The van der Waals surface area contributed by atoms with Crippen LogP contribution >= 0.6 is 0 Å². The smallest absolute Gasteiger partial charge is 0.257 e. The Morgan fingerprint density at radius 2 is 1.80 bits per heavy atom. The van der Waals surface area contributed by atoms with Gasteiger partial charge in [0.05, 0.1) is 4.90 Å². The normalized spacial score (nSPS) is 14.9. The van der Waals surface area contributed by atoms with Gasteiger partial charge in [-0.05, 0) is 48.9 Å². The Balaban J connectivity index is 2.15. The van der Waals surface area contributed by atoms with Crippen LogP contribution in [-0.4, -0.2) is 14.3 Å². The molecule has 20 heavy (non-hydrogen) atoms. The lowest BCUT2D eigenvalue weighted by atomic mass is 9.92. The van der Waals surface area contributed by atoms with Crippen LogP contribution in [0.4, 0.5) is 0 Å². The maximum atomic E-state index is 12.1. The van der Waals surface area contributed by atoms with Crippen LogP contribution < -0.4 is 10.3 Å². The lowest BCUT2D eigenvalue weighted by Gasteiger charge is -2.17. The van der Waals surface area contributed by atoms with E-state index in [9.17, 15) is 13.2 Å². The highest BCUT2D eigenvalue weighted by molar-refractivity contribution is 7.89. The molecule has 0 saturated carbocycles. The number of carbonyl (C=O) groups excluding carboxylic acids is 1. The van der Waals surface area contributed by atoms with Crippen molar-refractivity contribution in [3.8, 4) is 0 Å². The van der Waals surface area contributed by atoms with Crippen LogP contribution in [0.3, 0.4) is 0 Å². The lowest BCUT2D eigenvalue weighted by Crippen LogP contribution is -2.43. The molecule has 0 spiro atoms.